The maximum absolute atomic E-state index is 12.5. The van der Waals surface area contributed by atoms with Gasteiger partial charge in [0.25, 0.3) is 10.0 Å². The number of aromatic nitrogens is 2. The number of amides is 1. The third kappa shape index (κ3) is 5.63. The molecule has 0 saturated carbocycles. The molecule has 1 aromatic carbocycles. The molecule has 0 saturated heterocycles. The zero-order chi connectivity index (χ0) is 20.9. The Labute approximate surface area is 168 Å². The molecule has 2 aromatic rings. The van der Waals surface area contributed by atoms with Crippen molar-refractivity contribution in [2.24, 2.45) is 5.41 Å². The molecule has 0 radical (unpaired) electrons. The first-order valence-corrected chi connectivity index (χ1v) is 10.8. The third-order valence-electron chi connectivity index (χ3n) is 3.53. The zero-order valence-corrected chi connectivity index (χ0v) is 18.0. The average Bonchev–Trinajstić information content (AvgIpc) is 3.09. The van der Waals surface area contributed by atoms with Gasteiger partial charge in [-0.25, -0.2) is 13.1 Å². The lowest BCUT2D eigenvalue weighted by Crippen LogP contribution is -2.27. The number of carbonyl (C=O) groups excluding carboxylic acids is 1. The van der Waals surface area contributed by atoms with Crippen LogP contribution in [0.1, 0.15) is 33.3 Å². The van der Waals surface area contributed by atoms with Gasteiger partial charge in [-0.15, -0.1) is 10.2 Å². The largest absolute Gasteiger partial charge is 0.493 e. The number of methoxy groups -OCH3 is 1. The van der Waals surface area contributed by atoms with E-state index in [9.17, 15) is 13.2 Å². The number of carbonyl (C=O) groups is 1. The van der Waals surface area contributed by atoms with Crippen LogP contribution in [0, 0.1) is 5.41 Å². The van der Waals surface area contributed by atoms with Crippen molar-refractivity contribution in [3.05, 3.63) is 23.8 Å². The van der Waals surface area contributed by atoms with Crippen molar-refractivity contribution < 1.29 is 22.7 Å². The smallest absolute Gasteiger partial charge is 0.270 e. The molecule has 0 aliphatic carbocycles. The van der Waals surface area contributed by atoms with Gasteiger partial charge in [0.2, 0.25) is 15.4 Å². The highest BCUT2D eigenvalue weighted by atomic mass is 32.2. The summed E-state index contributed by atoms with van der Waals surface area (Å²) in [7, 11) is -2.34. The molecule has 0 aliphatic rings. The molecule has 1 amide bonds. The molecule has 1 heterocycles. The lowest BCUT2D eigenvalue weighted by atomic mass is 9.96. The number of benzene rings is 1. The van der Waals surface area contributed by atoms with E-state index in [1.807, 2.05) is 6.92 Å². The molecule has 9 nitrogen and oxygen atoms in total. The zero-order valence-electron chi connectivity index (χ0n) is 16.4. The summed E-state index contributed by atoms with van der Waals surface area (Å²) in [6.45, 7) is 7.57. The monoisotopic (exact) mass is 428 g/mol. The fraction of sp³-hybridized carbons (Fsp3) is 0.471. The van der Waals surface area contributed by atoms with Gasteiger partial charge >= 0.3 is 0 Å². The fourth-order valence-electron chi connectivity index (χ4n) is 1.99. The molecule has 154 valence electrons. The van der Waals surface area contributed by atoms with Crippen LogP contribution in [-0.4, -0.2) is 38.2 Å². The quantitative estimate of drug-likeness (QED) is 0.620. The van der Waals surface area contributed by atoms with Gasteiger partial charge in [0.1, 0.15) is 0 Å². The van der Waals surface area contributed by atoms with Crippen molar-refractivity contribution in [2.45, 2.75) is 38.6 Å². The van der Waals surface area contributed by atoms with Gasteiger partial charge in [0, 0.05) is 12.0 Å². The topological polar surface area (TPSA) is 120 Å². The van der Waals surface area contributed by atoms with Crippen molar-refractivity contribution in [1.82, 2.24) is 14.9 Å². The molecule has 0 spiro atoms. The lowest BCUT2D eigenvalue weighted by Gasteiger charge is -2.15. The average molecular weight is 429 g/mol. The summed E-state index contributed by atoms with van der Waals surface area (Å²) in [5, 5.41) is 10.1. The molecule has 0 unspecified atom stereocenters. The van der Waals surface area contributed by atoms with Crippen LogP contribution in [0.3, 0.4) is 0 Å². The molecule has 2 rings (SSSR count). The highest BCUT2D eigenvalue weighted by Gasteiger charge is 2.25. The number of anilines is 1. The van der Waals surface area contributed by atoms with Crippen LogP contribution in [0.25, 0.3) is 0 Å². The van der Waals surface area contributed by atoms with E-state index in [1.165, 1.54) is 7.11 Å². The second kappa shape index (κ2) is 8.84. The van der Waals surface area contributed by atoms with Crippen LogP contribution in [0.4, 0.5) is 5.13 Å². The summed E-state index contributed by atoms with van der Waals surface area (Å²) in [6.07, 6.45) is 0. The van der Waals surface area contributed by atoms with E-state index in [4.69, 9.17) is 9.47 Å². The van der Waals surface area contributed by atoms with Gasteiger partial charge in [0.15, 0.2) is 11.5 Å². The van der Waals surface area contributed by atoms with Crippen LogP contribution in [0.2, 0.25) is 0 Å². The standard InChI is InChI=1S/C17H24N4O5S2/c1-6-26-13-9-11(7-8-12(13)25-5)10-18-28(23,24)16-21-20-15(27-16)19-14(22)17(2,3)4/h7-9,18H,6,10H2,1-5H3,(H,19,20,22). The number of hydrogen-bond donors (Lipinski definition) is 2. The number of sulfonamides is 1. The Bertz CT molecular complexity index is 935. The van der Waals surface area contributed by atoms with E-state index in [0.717, 1.165) is 11.3 Å². The third-order valence-corrected chi connectivity index (χ3v) is 6.14. The maximum atomic E-state index is 12.5. The Hall–Kier alpha value is -2.24. The minimum absolute atomic E-state index is 0.0374. The molecule has 0 bridgehead atoms. The van der Waals surface area contributed by atoms with Gasteiger partial charge in [0.05, 0.1) is 13.7 Å². The second-order valence-electron chi connectivity index (χ2n) is 6.82. The molecular weight excluding hydrogens is 404 g/mol. The normalized spacial score (nSPS) is 11.9. The predicted molar refractivity (Wildman–Crippen MR) is 106 cm³/mol. The predicted octanol–water partition coefficient (Wildman–Crippen LogP) is 2.41. The number of ether oxygens (including phenoxy) is 2. The number of nitrogens with one attached hydrogen (secondary N) is 2. The van der Waals surface area contributed by atoms with Crippen molar-refractivity contribution in [3.63, 3.8) is 0 Å². The van der Waals surface area contributed by atoms with Crippen LogP contribution < -0.4 is 19.5 Å². The lowest BCUT2D eigenvalue weighted by molar-refractivity contribution is -0.123. The van der Waals surface area contributed by atoms with Crippen molar-refractivity contribution >= 4 is 32.4 Å². The summed E-state index contributed by atoms with van der Waals surface area (Å²) in [4.78, 5) is 12.0. The van der Waals surface area contributed by atoms with E-state index in [0.29, 0.717) is 23.7 Å². The molecule has 0 aliphatic heterocycles. The summed E-state index contributed by atoms with van der Waals surface area (Å²) in [6, 6.07) is 5.15. The van der Waals surface area contributed by atoms with Gasteiger partial charge in [-0.05, 0) is 24.6 Å². The van der Waals surface area contributed by atoms with Crippen LogP contribution in [0.15, 0.2) is 22.5 Å². The molecule has 0 fully saturated rings. The maximum Gasteiger partial charge on any atom is 0.270 e. The van der Waals surface area contributed by atoms with E-state index in [-0.39, 0.29) is 21.9 Å². The Kier molecular flexibility index (Phi) is 6.96. The van der Waals surface area contributed by atoms with Gasteiger partial charge in [-0.2, -0.15) is 0 Å². The summed E-state index contributed by atoms with van der Waals surface area (Å²) < 4.78 is 37.9. The minimum Gasteiger partial charge on any atom is -0.493 e. The minimum atomic E-state index is -3.88. The van der Waals surface area contributed by atoms with Gasteiger partial charge < -0.3 is 14.8 Å². The van der Waals surface area contributed by atoms with Gasteiger partial charge in [-0.1, -0.05) is 38.2 Å². The number of rotatable bonds is 8. The van der Waals surface area contributed by atoms with Crippen molar-refractivity contribution in [2.75, 3.05) is 19.0 Å². The summed E-state index contributed by atoms with van der Waals surface area (Å²) in [5.74, 6) is 0.823. The SMILES string of the molecule is CCOc1cc(CNS(=O)(=O)c2nnc(NC(=O)C(C)(C)C)s2)ccc1OC. The molecule has 1 aromatic heterocycles. The first kappa shape index (κ1) is 22.1. The molecule has 28 heavy (non-hydrogen) atoms. The molecule has 11 heteroatoms. The second-order valence-corrected chi connectivity index (χ2v) is 9.74. The molecule has 2 N–H and O–H groups in total. The van der Waals surface area contributed by atoms with Crippen LogP contribution in [0.5, 0.6) is 11.5 Å². The van der Waals surface area contributed by atoms with Crippen LogP contribution >= 0.6 is 11.3 Å². The highest BCUT2D eigenvalue weighted by Crippen LogP contribution is 2.28. The van der Waals surface area contributed by atoms with E-state index < -0.39 is 15.4 Å². The first-order chi connectivity index (χ1) is 13.1. The Morgan fingerprint density at radius 3 is 2.54 bits per heavy atom. The number of hydrogen-bond acceptors (Lipinski definition) is 8. The number of nitrogens with zero attached hydrogens (tertiary/aromatic N) is 2. The van der Waals surface area contributed by atoms with E-state index >= 15 is 0 Å². The first-order valence-electron chi connectivity index (χ1n) is 8.51. The Morgan fingerprint density at radius 2 is 1.93 bits per heavy atom. The molecule has 0 atom stereocenters. The van der Waals surface area contributed by atoms with Gasteiger partial charge in [-0.3, -0.25) is 4.79 Å². The summed E-state index contributed by atoms with van der Waals surface area (Å²) >= 11 is 0.787. The van der Waals surface area contributed by atoms with E-state index in [2.05, 4.69) is 20.2 Å². The Balaban J connectivity index is 2.08. The Morgan fingerprint density at radius 1 is 1.21 bits per heavy atom. The summed E-state index contributed by atoms with van der Waals surface area (Å²) in [5.41, 5.74) is 0.0638. The highest BCUT2D eigenvalue weighted by molar-refractivity contribution is 7.91. The fourth-order valence-corrected chi connectivity index (χ4v) is 3.95. The van der Waals surface area contributed by atoms with Crippen LogP contribution in [-0.2, 0) is 21.4 Å². The van der Waals surface area contributed by atoms with Crippen molar-refractivity contribution in [1.29, 1.82) is 0 Å². The molecular formula is C17H24N4O5S2. The van der Waals surface area contributed by atoms with E-state index in [1.54, 1.807) is 39.0 Å². The van der Waals surface area contributed by atoms with Crippen molar-refractivity contribution in [3.8, 4) is 11.5 Å².